The van der Waals surface area contributed by atoms with Crippen LogP contribution in [-0.4, -0.2) is 56.8 Å². The molecule has 1 atom stereocenters. The molecular weight excluding hydrogens is 755 g/mol. The van der Waals surface area contributed by atoms with Crippen LogP contribution in [0.5, 0.6) is 5.75 Å². The lowest BCUT2D eigenvalue weighted by Gasteiger charge is -2.23. The molecule has 3 rings (SSSR count). The molecule has 0 fully saturated rings. The number of likely N-dealkylation sites (N-methyl/N-ethyl adjacent to an activating group) is 1. The van der Waals surface area contributed by atoms with Gasteiger partial charge in [0.2, 0.25) is 0 Å². The van der Waals surface area contributed by atoms with E-state index >= 15 is 0 Å². The van der Waals surface area contributed by atoms with Crippen molar-refractivity contribution in [3.8, 4) is 5.75 Å². The van der Waals surface area contributed by atoms with Crippen LogP contribution < -0.4 is 4.74 Å². The van der Waals surface area contributed by atoms with Gasteiger partial charge in [-0.3, -0.25) is 9.59 Å². The zero-order valence-corrected chi connectivity index (χ0v) is 38.9. The quantitative estimate of drug-likeness (QED) is 0.0330. The van der Waals surface area contributed by atoms with Gasteiger partial charge < -0.3 is 19.1 Å². The van der Waals surface area contributed by atoms with Crippen LogP contribution in [-0.2, 0) is 19.1 Å². The molecule has 0 radical (unpaired) electrons. The molecule has 0 aliphatic heterocycles. The predicted molar refractivity (Wildman–Crippen MR) is 257 cm³/mol. The number of nitrogens with zero attached hydrogens (tertiary/aromatic N) is 1. The molecule has 0 saturated heterocycles. The SMILES string of the molecule is CCCCCCCCCCCCCC(=O)OCC(C/C(=C(/c1ccccc1)c1ccc(OCCN(C)C)cc1)c1ccccc1)OC(=O)CCCCCCCCCCCCC. The molecule has 0 aliphatic carbocycles. The van der Waals surface area contributed by atoms with E-state index in [-0.39, 0.29) is 18.5 Å². The van der Waals surface area contributed by atoms with Gasteiger partial charge in [0.25, 0.3) is 0 Å². The van der Waals surface area contributed by atoms with Crippen LogP contribution in [0.4, 0.5) is 0 Å². The van der Waals surface area contributed by atoms with Crippen molar-refractivity contribution in [1.82, 2.24) is 4.90 Å². The van der Waals surface area contributed by atoms with Crippen LogP contribution in [0.2, 0.25) is 0 Å². The largest absolute Gasteiger partial charge is 0.492 e. The number of unbranched alkanes of at least 4 members (excludes halogenated alkanes) is 20. The van der Waals surface area contributed by atoms with Crippen LogP contribution in [0.3, 0.4) is 0 Å². The Kier molecular flexibility index (Phi) is 28.4. The van der Waals surface area contributed by atoms with Crippen LogP contribution in [0.1, 0.15) is 191 Å². The van der Waals surface area contributed by atoms with Gasteiger partial charge in [-0.1, -0.05) is 215 Å². The van der Waals surface area contributed by atoms with E-state index in [9.17, 15) is 9.59 Å². The Morgan fingerprint density at radius 3 is 1.41 bits per heavy atom. The fraction of sp³-hybridized carbons (Fsp3) is 0.600. The van der Waals surface area contributed by atoms with Crippen molar-refractivity contribution < 1.29 is 23.8 Å². The number of rotatable bonds is 36. The van der Waals surface area contributed by atoms with Gasteiger partial charge in [0.15, 0.2) is 0 Å². The van der Waals surface area contributed by atoms with Crippen molar-refractivity contribution in [2.24, 2.45) is 0 Å². The third-order valence-corrected chi connectivity index (χ3v) is 11.6. The number of benzene rings is 3. The van der Waals surface area contributed by atoms with Gasteiger partial charge in [-0.2, -0.15) is 0 Å². The molecule has 1 unspecified atom stereocenters. The van der Waals surface area contributed by atoms with Crippen LogP contribution in [0, 0.1) is 0 Å². The van der Waals surface area contributed by atoms with E-state index in [4.69, 9.17) is 14.2 Å². The molecule has 6 nitrogen and oxygen atoms in total. The summed E-state index contributed by atoms with van der Waals surface area (Å²) in [5, 5.41) is 0. The van der Waals surface area contributed by atoms with Gasteiger partial charge in [-0.15, -0.1) is 0 Å². The topological polar surface area (TPSA) is 65.1 Å². The van der Waals surface area contributed by atoms with Gasteiger partial charge in [0.1, 0.15) is 25.1 Å². The Hall–Kier alpha value is -3.90. The summed E-state index contributed by atoms with van der Waals surface area (Å²) in [6.07, 6.45) is 27.5. The average molecular weight is 838 g/mol. The minimum Gasteiger partial charge on any atom is -0.492 e. The lowest BCUT2D eigenvalue weighted by Crippen LogP contribution is -2.26. The van der Waals surface area contributed by atoms with E-state index in [1.807, 2.05) is 50.5 Å². The van der Waals surface area contributed by atoms with Crippen LogP contribution >= 0.6 is 0 Å². The number of esters is 2. The van der Waals surface area contributed by atoms with Gasteiger partial charge in [-0.25, -0.2) is 0 Å². The van der Waals surface area contributed by atoms with E-state index in [2.05, 4.69) is 67.3 Å². The summed E-state index contributed by atoms with van der Waals surface area (Å²) in [6, 6.07) is 29.0. The highest BCUT2D eigenvalue weighted by atomic mass is 16.6. The molecular formula is C55H83NO5. The highest BCUT2D eigenvalue weighted by molar-refractivity contribution is 5.98. The molecule has 3 aromatic rings. The van der Waals surface area contributed by atoms with Gasteiger partial charge in [0, 0.05) is 25.8 Å². The molecule has 0 N–H and O–H groups in total. The van der Waals surface area contributed by atoms with Crippen molar-refractivity contribution in [3.05, 3.63) is 102 Å². The molecule has 0 bridgehead atoms. The molecule has 0 aromatic heterocycles. The number of carbonyl (C=O) groups excluding carboxylic acids is 2. The summed E-state index contributed by atoms with van der Waals surface area (Å²) in [6.45, 7) is 5.99. The molecule has 61 heavy (non-hydrogen) atoms. The van der Waals surface area contributed by atoms with E-state index in [0.29, 0.717) is 25.9 Å². The molecule has 3 aromatic carbocycles. The van der Waals surface area contributed by atoms with Gasteiger partial charge in [0.05, 0.1) is 0 Å². The first-order valence-electron chi connectivity index (χ1n) is 24.5. The normalized spacial score (nSPS) is 12.3. The Labute approximate surface area is 372 Å². The van der Waals surface area contributed by atoms with Crippen LogP contribution in [0.15, 0.2) is 84.9 Å². The summed E-state index contributed by atoms with van der Waals surface area (Å²) >= 11 is 0. The minimum atomic E-state index is -0.635. The zero-order chi connectivity index (χ0) is 43.6. The lowest BCUT2D eigenvalue weighted by molar-refractivity contribution is -0.158. The van der Waals surface area contributed by atoms with E-state index in [0.717, 1.165) is 78.7 Å². The molecule has 0 aliphatic rings. The molecule has 0 heterocycles. The highest BCUT2D eigenvalue weighted by Crippen LogP contribution is 2.36. The second kappa shape index (κ2) is 33.7. The summed E-state index contributed by atoms with van der Waals surface area (Å²) in [5.41, 5.74) is 5.20. The van der Waals surface area contributed by atoms with Gasteiger partial charge in [-0.05, 0) is 66.9 Å². The summed E-state index contributed by atoms with van der Waals surface area (Å²) in [7, 11) is 4.08. The van der Waals surface area contributed by atoms with Crippen LogP contribution in [0.25, 0.3) is 11.1 Å². The van der Waals surface area contributed by atoms with Crippen molar-refractivity contribution in [3.63, 3.8) is 0 Å². The summed E-state index contributed by atoms with van der Waals surface area (Å²) in [5.74, 6) is 0.370. The van der Waals surface area contributed by atoms with E-state index in [1.165, 1.54) is 103 Å². The summed E-state index contributed by atoms with van der Waals surface area (Å²) < 4.78 is 18.3. The maximum Gasteiger partial charge on any atom is 0.306 e. The number of hydrogen-bond acceptors (Lipinski definition) is 6. The lowest BCUT2D eigenvalue weighted by atomic mass is 9.86. The third kappa shape index (κ3) is 23.8. The summed E-state index contributed by atoms with van der Waals surface area (Å²) in [4.78, 5) is 28.8. The van der Waals surface area contributed by atoms with Crippen molar-refractivity contribution in [2.45, 2.75) is 180 Å². The third-order valence-electron chi connectivity index (χ3n) is 11.6. The van der Waals surface area contributed by atoms with E-state index in [1.54, 1.807) is 0 Å². The minimum absolute atomic E-state index is 0.0257. The smallest absolute Gasteiger partial charge is 0.306 e. The first-order valence-corrected chi connectivity index (χ1v) is 24.5. The molecule has 0 amide bonds. The first-order chi connectivity index (χ1) is 29.9. The molecule has 0 spiro atoms. The maximum atomic E-state index is 13.5. The second-order valence-corrected chi connectivity index (χ2v) is 17.3. The highest BCUT2D eigenvalue weighted by Gasteiger charge is 2.23. The predicted octanol–water partition coefficient (Wildman–Crippen LogP) is 14.8. The Morgan fingerprint density at radius 1 is 0.508 bits per heavy atom. The number of ether oxygens (including phenoxy) is 3. The standard InChI is InChI=1S/C55H83NO5/c1-5-7-9-11-13-15-17-19-21-23-31-37-53(57)60-46-51(61-54(58)38-32-24-22-20-18-16-14-12-10-8-6-2)45-52(47-33-27-25-28-34-47)55(48-35-29-26-30-36-48)49-39-41-50(42-40-49)59-44-43-56(3)4/h25-30,33-36,39-42,51H,5-24,31-32,37-38,43-46H2,1-4H3/b55-52+. The monoisotopic (exact) mass is 838 g/mol. The van der Waals surface area contributed by atoms with Crippen molar-refractivity contribution >= 4 is 23.1 Å². The average Bonchev–Trinajstić information content (AvgIpc) is 3.27. The first kappa shape index (κ1) is 51.5. The second-order valence-electron chi connectivity index (χ2n) is 17.3. The van der Waals surface area contributed by atoms with Crippen molar-refractivity contribution in [1.29, 1.82) is 0 Å². The van der Waals surface area contributed by atoms with Gasteiger partial charge >= 0.3 is 11.9 Å². The van der Waals surface area contributed by atoms with Crippen molar-refractivity contribution in [2.75, 3.05) is 33.9 Å². The molecule has 0 saturated carbocycles. The fourth-order valence-corrected chi connectivity index (χ4v) is 7.92. The molecule has 6 heteroatoms. The Balaban J connectivity index is 1.73. The Morgan fingerprint density at radius 2 is 0.934 bits per heavy atom. The fourth-order valence-electron chi connectivity index (χ4n) is 7.92. The van der Waals surface area contributed by atoms with E-state index < -0.39 is 6.10 Å². The zero-order valence-electron chi connectivity index (χ0n) is 38.9. The maximum absolute atomic E-state index is 13.5. The number of hydrogen-bond donors (Lipinski definition) is 0. The molecule has 338 valence electrons. The number of carbonyl (C=O) groups is 2. The Bertz CT molecular complexity index is 1570.